The number of hydrogen-bond donors (Lipinski definition) is 2. The normalized spacial score (nSPS) is 10.7. The minimum absolute atomic E-state index is 0.00950. The summed E-state index contributed by atoms with van der Waals surface area (Å²) in [6.07, 6.45) is 0.508. The van der Waals surface area contributed by atoms with Crippen molar-refractivity contribution in [1.29, 1.82) is 0 Å². The highest BCUT2D eigenvalue weighted by atomic mass is 16.4. The zero-order valence-electron chi connectivity index (χ0n) is 12.4. The standard InChI is InChI=1S/C16H19N3O2/c1-10(2)17-15-9-13(16(20)21)18-14(19-15)8-12-6-4-11(3)5-7-12/h4-7,9-10H,8H2,1-3H3,(H,20,21)(H,17,18,19). The van der Waals surface area contributed by atoms with Gasteiger partial charge in [0.15, 0.2) is 5.69 Å². The van der Waals surface area contributed by atoms with Crippen molar-refractivity contribution < 1.29 is 9.90 Å². The van der Waals surface area contributed by atoms with Gasteiger partial charge in [-0.05, 0) is 26.3 Å². The molecule has 110 valence electrons. The van der Waals surface area contributed by atoms with E-state index in [2.05, 4.69) is 15.3 Å². The fourth-order valence-corrected chi connectivity index (χ4v) is 1.94. The van der Waals surface area contributed by atoms with Crippen LogP contribution in [0.15, 0.2) is 30.3 Å². The molecule has 0 spiro atoms. The number of anilines is 1. The summed E-state index contributed by atoms with van der Waals surface area (Å²) >= 11 is 0. The fourth-order valence-electron chi connectivity index (χ4n) is 1.94. The first-order valence-corrected chi connectivity index (χ1v) is 6.87. The number of nitrogens with zero attached hydrogens (tertiary/aromatic N) is 2. The van der Waals surface area contributed by atoms with Gasteiger partial charge in [-0.1, -0.05) is 29.8 Å². The van der Waals surface area contributed by atoms with Crippen LogP contribution in [0.3, 0.4) is 0 Å². The second kappa shape index (κ2) is 6.35. The molecule has 0 unspecified atom stereocenters. The van der Waals surface area contributed by atoms with E-state index in [1.54, 1.807) is 0 Å². The van der Waals surface area contributed by atoms with Gasteiger partial charge >= 0.3 is 5.97 Å². The number of carbonyl (C=O) groups is 1. The second-order valence-corrected chi connectivity index (χ2v) is 5.32. The van der Waals surface area contributed by atoms with Crippen molar-refractivity contribution in [3.63, 3.8) is 0 Å². The maximum Gasteiger partial charge on any atom is 0.354 e. The number of rotatable bonds is 5. The van der Waals surface area contributed by atoms with Crippen LogP contribution in [-0.4, -0.2) is 27.1 Å². The number of aryl methyl sites for hydroxylation is 1. The summed E-state index contributed by atoms with van der Waals surface area (Å²) in [4.78, 5) is 19.7. The largest absolute Gasteiger partial charge is 0.477 e. The molecule has 0 saturated carbocycles. The molecule has 0 amide bonds. The summed E-state index contributed by atoms with van der Waals surface area (Å²) in [7, 11) is 0. The molecule has 0 aliphatic rings. The molecule has 0 radical (unpaired) electrons. The average Bonchev–Trinajstić information content (AvgIpc) is 2.40. The third-order valence-corrected chi connectivity index (χ3v) is 2.91. The Morgan fingerprint density at radius 1 is 1.24 bits per heavy atom. The third kappa shape index (κ3) is 4.27. The molecule has 0 bridgehead atoms. The van der Waals surface area contributed by atoms with Gasteiger partial charge in [0.2, 0.25) is 0 Å². The quantitative estimate of drug-likeness (QED) is 0.883. The van der Waals surface area contributed by atoms with Crippen LogP contribution >= 0.6 is 0 Å². The van der Waals surface area contributed by atoms with Crippen LogP contribution in [0.5, 0.6) is 0 Å². The van der Waals surface area contributed by atoms with E-state index in [-0.39, 0.29) is 11.7 Å². The average molecular weight is 285 g/mol. The molecule has 1 aromatic heterocycles. The Morgan fingerprint density at radius 3 is 2.48 bits per heavy atom. The third-order valence-electron chi connectivity index (χ3n) is 2.91. The molecule has 0 fully saturated rings. The monoisotopic (exact) mass is 285 g/mol. The van der Waals surface area contributed by atoms with Crippen LogP contribution < -0.4 is 5.32 Å². The zero-order chi connectivity index (χ0) is 15.4. The SMILES string of the molecule is Cc1ccc(Cc2nc(NC(C)C)cc(C(=O)O)n2)cc1. The van der Waals surface area contributed by atoms with Crippen LogP contribution in [0.4, 0.5) is 5.82 Å². The number of carboxylic acid groups (broad SMARTS) is 1. The van der Waals surface area contributed by atoms with Gasteiger partial charge in [0.1, 0.15) is 11.6 Å². The Hall–Kier alpha value is -2.43. The topological polar surface area (TPSA) is 75.1 Å². The van der Waals surface area contributed by atoms with Crippen LogP contribution in [0.1, 0.15) is 41.3 Å². The number of hydrogen-bond acceptors (Lipinski definition) is 4. The van der Waals surface area contributed by atoms with Gasteiger partial charge in [-0.2, -0.15) is 0 Å². The van der Waals surface area contributed by atoms with E-state index >= 15 is 0 Å². The van der Waals surface area contributed by atoms with E-state index in [0.29, 0.717) is 18.1 Å². The van der Waals surface area contributed by atoms with Gasteiger partial charge in [-0.25, -0.2) is 14.8 Å². The van der Waals surface area contributed by atoms with Crippen molar-refractivity contribution in [3.05, 3.63) is 53.0 Å². The van der Waals surface area contributed by atoms with Gasteiger partial charge in [-0.3, -0.25) is 0 Å². The van der Waals surface area contributed by atoms with E-state index in [9.17, 15) is 4.79 Å². The van der Waals surface area contributed by atoms with Crippen molar-refractivity contribution in [2.45, 2.75) is 33.2 Å². The molecular weight excluding hydrogens is 266 g/mol. The predicted molar refractivity (Wildman–Crippen MR) is 81.7 cm³/mol. The minimum Gasteiger partial charge on any atom is -0.477 e. The summed E-state index contributed by atoms with van der Waals surface area (Å²) in [5, 5.41) is 12.3. The molecule has 1 heterocycles. The highest BCUT2D eigenvalue weighted by Gasteiger charge is 2.11. The van der Waals surface area contributed by atoms with E-state index in [4.69, 9.17) is 5.11 Å². The summed E-state index contributed by atoms with van der Waals surface area (Å²) in [6.45, 7) is 5.97. The summed E-state index contributed by atoms with van der Waals surface area (Å²) in [6, 6.07) is 9.67. The molecule has 0 atom stereocenters. The van der Waals surface area contributed by atoms with Gasteiger partial charge in [0.25, 0.3) is 0 Å². The first kappa shape index (κ1) is 15.0. The molecular formula is C16H19N3O2. The number of aromatic nitrogens is 2. The van der Waals surface area contributed by atoms with Gasteiger partial charge < -0.3 is 10.4 Å². The summed E-state index contributed by atoms with van der Waals surface area (Å²) in [5.74, 6) is -0.00391. The van der Waals surface area contributed by atoms with E-state index in [1.807, 2.05) is 45.0 Å². The minimum atomic E-state index is -1.05. The van der Waals surface area contributed by atoms with E-state index < -0.39 is 5.97 Å². The maximum atomic E-state index is 11.2. The second-order valence-electron chi connectivity index (χ2n) is 5.32. The van der Waals surface area contributed by atoms with Crippen molar-refractivity contribution >= 4 is 11.8 Å². The van der Waals surface area contributed by atoms with Crippen molar-refractivity contribution in [1.82, 2.24) is 9.97 Å². The number of nitrogens with one attached hydrogen (secondary N) is 1. The first-order chi connectivity index (χ1) is 9.94. The predicted octanol–water partition coefficient (Wildman–Crippen LogP) is 2.89. The molecule has 1 aromatic carbocycles. The first-order valence-electron chi connectivity index (χ1n) is 6.87. The lowest BCUT2D eigenvalue weighted by Gasteiger charge is -2.11. The smallest absolute Gasteiger partial charge is 0.354 e. The lowest BCUT2D eigenvalue weighted by Crippen LogP contribution is -2.14. The molecule has 5 nitrogen and oxygen atoms in total. The Kier molecular flexibility index (Phi) is 4.52. The maximum absolute atomic E-state index is 11.2. The van der Waals surface area contributed by atoms with E-state index in [1.165, 1.54) is 11.6 Å². The molecule has 2 rings (SSSR count). The van der Waals surface area contributed by atoms with Crippen molar-refractivity contribution in [3.8, 4) is 0 Å². The Bertz CT molecular complexity index is 636. The number of aromatic carboxylic acids is 1. The van der Waals surface area contributed by atoms with E-state index in [0.717, 1.165) is 5.56 Å². The summed E-state index contributed by atoms with van der Waals surface area (Å²) < 4.78 is 0. The van der Waals surface area contributed by atoms with Crippen LogP contribution in [0.25, 0.3) is 0 Å². The van der Waals surface area contributed by atoms with Gasteiger partial charge in [0, 0.05) is 18.5 Å². The molecule has 0 aliphatic carbocycles. The highest BCUT2D eigenvalue weighted by Crippen LogP contribution is 2.13. The molecule has 2 aromatic rings. The van der Waals surface area contributed by atoms with Crippen LogP contribution in [0, 0.1) is 6.92 Å². The number of benzene rings is 1. The number of carboxylic acids is 1. The van der Waals surface area contributed by atoms with Crippen LogP contribution in [-0.2, 0) is 6.42 Å². The molecule has 0 aliphatic heterocycles. The van der Waals surface area contributed by atoms with Crippen LogP contribution in [0.2, 0.25) is 0 Å². The van der Waals surface area contributed by atoms with Crippen molar-refractivity contribution in [2.75, 3.05) is 5.32 Å². The Morgan fingerprint density at radius 2 is 1.90 bits per heavy atom. The zero-order valence-corrected chi connectivity index (χ0v) is 12.4. The van der Waals surface area contributed by atoms with Gasteiger partial charge in [-0.15, -0.1) is 0 Å². The van der Waals surface area contributed by atoms with Crippen molar-refractivity contribution in [2.24, 2.45) is 0 Å². The Balaban J connectivity index is 2.30. The molecule has 0 saturated heterocycles. The lowest BCUT2D eigenvalue weighted by molar-refractivity contribution is 0.0690. The molecule has 21 heavy (non-hydrogen) atoms. The fraction of sp³-hybridized carbons (Fsp3) is 0.312. The molecule has 2 N–H and O–H groups in total. The highest BCUT2D eigenvalue weighted by molar-refractivity contribution is 5.86. The van der Waals surface area contributed by atoms with Gasteiger partial charge in [0.05, 0.1) is 0 Å². The lowest BCUT2D eigenvalue weighted by atomic mass is 10.1. The molecule has 5 heteroatoms. The summed E-state index contributed by atoms with van der Waals surface area (Å²) in [5.41, 5.74) is 2.25. The Labute approximate surface area is 124 Å².